The van der Waals surface area contributed by atoms with Crippen LogP contribution in [0.4, 0.5) is 0 Å². The Morgan fingerprint density at radius 1 is 1.50 bits per heavy atom. The minimum absolute atomic E-state index is 0.461. The van der Waals surface area contributed by atoms with Crippen molar-refractivity contribution < 1.29 is 9.53 Å². The lowest BCUT2D eigenvalue weighted by molar-refractivity contribution is -0.107. The number of carbonyl (C=O) groups excluding carboxylic acids is 1. The molecule has 0 aliphatic carbocycles. The minimum atomic E-state index is 0.461. The van der Waals surface area contributed by atoms with Gasteiger partial charge in [0.1, 0.15) is 12.0 Å². The summed E-state index contributed by atoms with van der Waals surface area (Å²) in [4.78, 5) is 10.3. The highest BCUT2D eigenvalue weighted by Crippen LogP contribution is 2.20. The predicted molar refractivity (Wildman–Crippen MR) is 47.5 cm³/mol. The van der Waals surface area contributed by atoms with E-state index in [0.29, 0.717) is 6.42 Å². The first-order valence-corrected chi connectivity index (χ1v) is 3.85. The summed E-state index contributed by atoms with van der Waals surface area (Å²) in [5.74, 6) is 0.842. The summed E-state index contributed by atoms with van der Waals surface area (Å²) in [7, 11) is 1.63. The molecule has 0 aliphatic heterocycles. The minimum Gasteiger partial charge on any atom is -0.496 e. The topological polar surface area (TPSA) is 26.3 Å². The molecule has 1 aromatic rings. The summed E-state index contributed by atoms with van der Waals surface area (Å²) in [6.45, 7) is 1.96. The van der Waals surface area contributed by atoms with Crippen molar-refractivity contribution >= 4 is 6.29 Å². The fourth-order valence-corrected chi connectivity index (χ4v) is 1.19. The van der Waals surface area contributed by atoms with E-state index in [0.717, 1.165) is 23.2 Å². The fourth-order valence-electron chi connectivity index (χ4n) is 1.19. The summed E-state index contributed by atoms with van der Waals surface area (Å²) in [6.07, 6.45) is 1.37. The van der Waals surface area contributed by atoms with E-state index in [2.05, 4.69) is 0 Å². The Kier molecular flexibility index (Phi) is 2.86. The predicted octanol–water partition coefficient (Wildman–Crippen LogP) is 1.75. The van der Waals surface area contributed by atoms with Gasteiger partial charge in [0.2, 0.25) is 0 Å². The summed E-state index contributed by atoms with van der Waals surface area (Å²) >= 11 is 0. The molecule has 0 saturated carbocycles. The molecule has 0 saturated heterocycles. The molecule has 0 amide bonds. The lowest BCUT2D eigenvalue weighted by Crippen LogP contribution is -1.94. The molecule has 1 aromatic carbocycles. The standard InChI is InChI=1S/C10H12O2/c1-8-9(6-7-11)4-3-5-10(8)12-2/h3-5,7H,6H2,1-2H3. The molecular formula is C10H12O2. The Labute approximate surface area is 72.2 Å². The van der Waals surface area contributed by atoms with E-state index in [-0.39, 0.29) is 0 Å². The Hall–Kier alpha value is -1.31. The number of benzene rings is 1. The molecule has 0 unspecified atom stereocenters. The first-order valence-electron chi connectivity index (χ1n) is 3.85. The van der Waals surface area contributed by atoms with Crippen LogP contribution in [-0.4, -0.2) is 13.4 Å². The van der Waals surface area contributed by atoms with Crippen molar-refractivity contribution in [3.8, 4) is 5.75 Å². The first kappa shape index (κ1) is 8.78. The van der Waals surface area contributed by atoms with Crippen LogP contribution in [0.3, 0.4) is 0 Å². The largest absolute Gasteiger partial charge is 0.496 e. The summed E-state index contributed by atoms with van der Waals surface area (Å²) < 4.78 is 5.12. The maximum atomic E-state index is 10.3. The Morgan fingerprint density at radius 3 is 2.83 bits per heavy atom. The molecule has 12 heavy (non-hydrogen) atoms. The summed E-state index contributed by atoms with van der Waals surface area (Å²) in [5, 5.41) is 0. The molecule has 64 valence electrons. The maximum Gasteiger partial charge on any atom is 0.124 e. The van der Waals surface area contributed by atoms with Gasteiger partial charge in [-0.05, 0) is 24.1 Å². The molecule has 2 heteroatoms. The van der Waals surface area contributed by atoms with Crippen molar-refractivity contribution in [2.75, 3.05) is 7.11 Å². The van der Waals surface area contributed by atoms with E-state index >= 15 is 0 Å². The quantitative estimate of drug-likeness (QED) is 0.636. The molecular weight excluding hydrogens is 152 g/mol. The van der Waals surface area contributed by atoms with Crippen molar-refractivity contribution in [3.63, 3.8) is 0 Å². The Morgan fingerprint density at radius 2 is 2.25 bits per heavy atom. The van der Waals surface area contributed by atoms with Crippen LogP contribution in [0.5, 0.6) is 5.75 Å². The second-order valence-electron chi connectivity index (χ2n) is 2.62. The highest BCUT2D eigenvalue weighted by molar-refractivity contribution is 5.57. The molecule has 0 spiro atoms. The first-order chi connectivity index (χ1) is 5.79. The van der Waals surface area contributed by atoms with Crippen molar-refractivity contribution in [2.45, 2.75) is 13.3 Å². The molecule has 0 fully saturated rings. The zero-order valence-electron chi connectivity index (χ0n) is 7.33. The molecule has 0 aliphatic rings. The van der Waals surface area contributed by atoms with Gasteiger partial charge in [0, 0.05) is 6.42 Å². The van der Waals surface area contributed by atoms with Crippen molar-refractivity contribution in [2.24, 2.45) is 0 Å². The van der Waals surface area contributed by atoms with Gasteiger partial charge in [-0.2, -0.15) is 0 Å². The second-order valence-corrected chi connectivity index (χ2v) is 2.62. The van der Waals surface area contributed by atoms with E-state index in [1.165, 1.54) is 0 Å². The van der Waals surface area contributed by atoms with Gasteiger partial charge in [-0.15, -0.1) is 0 Å². The lowest BCUT2D eigenvalue weighted by atomic mass is 10.1. The average Bonchev–Trinajstić information content (AvgIpc) is 2.09. The van der Waals surface area contributed by atoms with Crippen LogP contribution < -0.4 is 4.74 Å². The van der Waals surface area contributed by atoms with Crippen LogP contribution in [-0.2, 0) is 11.2 Å². The van der Waals surface area contributed by atoms with Crippen molar-refractivity contribution in [3.05, 3.63) is 29.3 Å². The van der Waals surface area contributed by atoms with Gasteiger partial charge < -0.3 is 9.53 Å². The van der Waals surface area contributed by atoms with Crippen LogP contribution in [0.25, 0.3) is 0 Å². The van der Waals surface area contributed by atoms with E-state index in [4.69, 9.17) is 4.74 Å². The van der Waals surface area contributed by atoms with Gasteiger partial charge in [0.15, 0.2) is 0 Å². The maximum absolute atomic E-state index is 10.3. The van der Waals surface area contributed by atoms with Gasteiger partial charge in [0.05, 0.1) is 7.11 Å². The van der Waals surface area contributed by atoms with Gasteiger partial charge in [-0.25, -0.2) is 0 Å². The molecule has 0 radical (unpaired) electrons. The average molecular weight is 164 g/mol. The van der Waals surface area contributed by atoms with Crippen LogP contribution in [0.1, 0.15) is 11.1 Å². The van der Waals surface area contributed by atoms with E-state index in [9.17, 15) is 4.79 Å². The molecule has 0 atom stereocenters. The molecule has 1 rings (SSSR count). The van der Waals surface area contributed by atoms with Crippen LogP contribution in [0.15, 0.2) is 18.2 Å². The third kappa shape index (κ3) is 1.64. The summed E-state index contributed by atoms with van der Waals surface area (Å²) in [5.41, 5.74) is 2.08. The normalized spacial score (nSPS) is 9.50. The van der Waals surface area contributed by atoms with Crippen LogP contribution >= 0.6 is 0 Å². The number of hydrogen-bond acceptors (Lipinski definition) is 2. The zero-order chi connectivity index (χ0) is 8.97. The smallest absolute Gasteiger partial charge is 0.124 e. The van der Waals surface area contributed by atoms with E-state index < -0.39 is 0 Å². The van der Waals surface area contributed by atoms with Gasteiger partial charge in [-0.1, -0.05) is 12.1 Å². The number of carbonyl (C=O) groups is 1. The zero-order valence-corrected chi connectivity index (χ0v) is 7.33. The highest BCUT2D eigenvalue weighted by Gasteiger charge is 2.01. The molecule has 2 nitrogen and oxygen atoms in total. The second kappa shape index (κ2) is 3.90. The Balaban J connectivity index is 3.04. The lowest BCUT2D eigenvalue weighted by Gasteiger charge is -2.07. The van der Waals surface area contributed by atoms with Crippen LogP contribution in [0.2, 0.25) is 0 Å². The molecule has 0 bridgehead atoms. The summed E-state index contributed by atoms with van der Waals surface area (Å²) in [6, 6.07) is 5.72. The third-order valence-electron chi connectivity index (χ3n) is 1.92. The molecule has 0 N–H and O–H groups in total. The molecule has 0 heterocycles. The van der Waals surface area contributed by atoms with Crippen LogP contribution in [0, 0.1) is 6.92 Å². The van der Waals surface area contributed by atoms with E-state index in [1.807, 2.05) is 25.1 Å². The SMILES string of the molecule is COc1cccc(CC=O)c1C. The highest BCUT2D eigenvalue weighted by atomic mass is 16.5. The monoisotopic (exact) mass is 164 g/mol. The number of methoxy groups -OCH3 is 1. The number of ether oxygens (including phenoxy) is 1. The Bertz CT molecular complexity index is 279. The third-order valence-corrected chi connectivity index (χ3v) is 1.92. The molecule has 0 aromatic heterocycles. The van der Waals surface area contributed by atoms with Gasteiger partial charge >= 0.3 is 0 Å². The van der Waals surface area contributed by atoms with Gasteiger partial charge in [0.25, 0.3) is 0 Å². The van der Waals surface area contributed by atoms with Crippen molar-refractivity contribution in [1.82, 2.24) is 0 Å². The van der Waals surface area contributed by atoms with E-state index in [1.54, 1.807) is 7.11 Å². The number of aldehydes is 1. The number of hydrogen-bond donors (Lipinski definition) is 0. The fraction of sp³-hybridized carbons (Fsp3) is 0.300. The van der Waals surface area contributed by atoms with Gasteiger partial charge in [-0.3, -0.25) is 0 Å². The van der Waals surface area contributed by atoms with Crippen molar-refractivity contribution in [1.29, 1.82) is 0 Å². The number of rotatable bonds is 3.